The van der Waals surface area contributed by atoms with Gasteiger partial charge in [-0.05, 0) is 104 Å². The number of allylic oxidation sites excluding steroid dienone is 3. The molecule has 2 saturated heterocycles. The van der Waals surface area contributed by atoms with Gasteiger partial charge in [0.1, 0.15) is 36.9 Å². The molecule has 3 heterocycles. The maximum atomic E-state index is 14.1. The Labute approximate surface area is 485 Å². The lowest BCUT2D eigenvalue weighted by atomic mass is 9.88. The third kappa shape index (κ3) is 16.5. The Morgan fingerprint density at radius 2 is 1.56 bits per heavy atom. The van der Waals surface area contributed by atoms with Crippen LogP contribution in [0.15, 0.2) is 109 Å². The van der Waals surface area contributed by atoms with E-state index in [1.807, 2.05) is 133 Å². The molecule has 3 aliphatic heterocycles. The monoisotopic (exact) mass is 1130 g/mol. The predicted molar refractivity (Wildman–Crippen MR) is 315 cm³/mol. The molecule has 4 aliphatic rings. The largest absolute Gasteiger partial charge is 0.457 e. The van der Waals surface area contributed by atoms with Gasteiger partial charge in [-0.2, -0.15) is 0 Å². The topological polar surface area (TPSA) is 215 Å². The molecule has 1 aliphatic carbocycles. The zero-order chi connectivity index (χ0) is 59.5. The van der Waals surface area contributed by atoms with Gasteiger partial charge in [-0.25, -0.2) is 9.59 Å². The predicted octanol–water partition coefficient (Wildman–Crippen LogP) is 9.22. The summed E-state index contributed by atoms with van der Waals surface area (Å²) in [5.41, 5.74) is 5.79. The van der Waals surface area contributed by atoms with Crippen molar-refractivity contribution in [3.05, 3.63) is 125 Å². The first-order valence-electron chi connectivity index (χ1n) is 29.4. The number of nitrogens with one attached hydrogen (secondary N) is 3. The lowest BCUT2D eigenvalue weighted by molar-refractivity contribution is -0.926. The Kier molecular flexibility index (Phi) is 21.8. The third-order valence-corrected chi connectivity index (χ3v) is 17.2. The van der Waals surface area contributed by atoms with Gasteiger partial charge in [-0.3, -0.25) is 19.3 Å². The van der Waals surface area contributed by atoms with Crippen molar-refractivity contribution >= 4 is 35.7 Å². The van der Waals surface area contributed by atoms with Crippen molar-refractivity contribution in [3.8, 4) is 11.1 Å². The van der Waals surface area contributed by atoms with E-state index in [1.165, 1.54) is 0 Å². The molecule has 0 bridgehead atoms. The molecule has 3 unspecified atom stereocenters. The fraction of sp³-hybridized carbons (Fsp3) is 0.554. The number of quaternary nitrogens is 1. The minimum atomic E-state index is -1.02. The van der Waals surface area contributed by atoms with E-state index in [0.717, 1.165) is 39.8 Å². The smallest absolute Gasteiger partial charge is 0.410 e. The molecule has 17 nitrogen and oxygen atoms in total. The molecule has 4 amide bonds. The molecule has 0 spiro atoms. The second-order valence-corrected chi connectivity index (χ2v) is 24.2. The Hall–Kier alpha value is -6.37. The zero-order valence-corrected chi connectivity index (χ0v) is 50.0. The standard InChI is InChI=1S/C65H89N5O12/c1-12-54(72)44(7)60-55(80-60)36-41(4)18-17-19-42(5)59-43(6)24-29-56(65(9,78-11)31-30-48(71)37-57(73)82-59)81-64(77)69-32-34-70(10,35-33-69)38-46-25-27-47(28-26-46)67-61(74)45(8)66-62(75)58(40(2)3)68-63(76)79-39-53-51-22-15-13-20-49(51)50-21-14-16-23-52(50)53/h13-29,40-41,43-45,48,53-56,58-60,71-72H,12,30-39H2,1-11H3,(H2-,66,67,68,74,75,76)/p+1/b18-17+,29-24+,42-19+/t41?,43-,44+,45?,48+,54-,55+,56-,58?,59+,60+,65+/m0/s1. The first kappa shape index (κ1) is 63.2. The first-order valence-corrected chi connectivity index (χ1v) is 29.4. The van der Waals surface area contributed by atoms with Crippen LogP contribution in [0.4, 0.5) is 15.3 Å². The molecule has 17 heteroatoms. The summed E-state index contributed by atoms with van der Waals surface area (Å²) < 4.78 is 30.7. The number of anilines is 1. The maximum Gasteiger partial charge on any atom is 0.410 e. The molecule has 0 radical (unpaired) electrons. The number of cyclic esters (lactones) is 1. The van der Waals surface area contributed by atoms with E-state index in [-0.39, 0.29) is 67.3 Å². The number of rotatable bonds is 20. The Bertz CT molecular complexity index is 2730. The number of aliphatic hydroxyl groups excluding tert-OH is 2. The van der Waals surface area contributed by atoms with Crippen LogP contribution in [-0.2, 0) is 44.6 Å². The Balaban J connectivity index is 0.885. The number of alkyl carbamates (subject to hydrolysis) is 1. The average molecular weight is 1130 g/mol. The number of epoxide rings is 1. The van der Waals surface area contributed by atoms with E-state index in [2.05, 4.69) is 48.1 Å². The van der Waals surface area contributed by atoms with Crippen LogP contribution in [-0.4, -0.2) is 151 Å². The number of fused-ring (bicyclic) bond motifs is 3. The van der Waals surface area contributed by atoms with E-state index in [4.69, 9.17) is 23.7 Å². The summed E-state index contributed by atoms with van der Waals surface area (Å²) in [7, 11) is 3.71. The molecular formula is C65H90N5O12+. The van der Waals surface area contributed by atoms with Crippen molar-refractivity contribution in [3.63, 3.8) is 0 Å². The lowest BCUT2D eigenvalue weighted by Crippen LogP contribution is -2.58. The lowest BCUT2D eigenvalue weighted by Gasteiger charge is -2.42. The Morgan fingerprint density at radius 1 is 0.915 bits per heavy atom. The summed E-state index contributed by atoms with van der Waals surface area (Å²) in [6.45, 7) is 20.1. The highest BCUT2D eigenvalue weighted by atomic mass is 16.6. The van der Waals surface area contributed by atoms with E-state index in [9.17, 15) is 34.2 Å². The van der Waals surface area contributed by atoms with Crippen molar-refractivity contribution in [1.82, 2.24) is 15.5 Å². The third-order valence-electron chi connectivity index (χ3n) is 17.2. The van der Waals surface area contributed by atoms with Crippen LogP contribution in [0.3, 0.4) is 0 Å². The van der Waals surface area contributed by atoms with E-state index < -0.39 is 66.0 Å². The number of hydrogen-bond donors (Lipinski definition) is 5. The second-order valence-electron chi connectivity index (χ2n) is 24.2. The highest BCUT2D eigenvalue weighted by Gasteiger charge is 2.45. The molecule has 3 aromatic carbocycles. The van der Waals surface area contributed by atoms with Crippen LogP contribution >= 0.6 is 0 Å². The number of esters is 1. The normalized spacial score (nSPS) is 26.1. The molecule has 0 saturated carbocycles. The number of methoxy groups -OCH3 is 1. The van der Waals surface area contributed by atoms with Gasteiger partial charge in [-0.15, -0.1) is 0 Å². The fourth-order valence-corrected chi connectivity index (χ4v) is 11.5. The molecular weight excluding hydrogens is 1040 g/mol. The van der Waals surface area contributed by atoms with E-state index in [0.29, 0.717) is 55.7 Å². The first-order chi connectivity index (χ1) is 39.0. The number of ether oxygens (including phenoxy) is 5. The second kappa shape index (κ2) is 28.3. The van der Waals surface area contributed by atoms with E-state index in [1.54, 1.807) is 18.9 Å². The van der Waals surface area contributed by atoms with Gasteiger partial charge in [-0.1, -0.05) is 127 Å². The number of benzene rings is 3. The van der Waals surface area contributed by atoms with Crippen molar-refractivity contribution in [2.24, 2.45) is 23.7 Å². The highest BCUT2D eigenvalue weighted by Crippen LogP contribution is 2.45. The minimum Gasteiger partial charge on any atom is -0.457 e. The van der Waals surface area contributed by atoms with Gasteiger partial charge in [0.2, 0.25) is 11.8 Å². The fourth-order valence-electron chi connectivity index (χ4n) is 11.5. The number of aliphatic hydroxyl groups is 2. The molecule has 5 N–H and O–H groups in total. The number of likely N-dealkylation sites (N-methyl/N-ethyl adjacent to an activating group) is 1. The van der Waals surface area contributed by atoms with Crippen molar-refractivity contribution in [1.29, 1.82) is 0 Å². The van der Waals surface area contributed by atoms with Crippen LogP contribution in [0.25, 0.3) is 11.1 Å². The zero-order valence-electron chi connectivity index (χ0n) is 50.0. The van der Waals surface area contributed by atoms with Crippen LogP contribution < -0.4 is 16.0 Å². The average Bonchev–Trinajstić information content (AvgIpc) is 4.36. The SMILES string of the molecule is CC[C@H](O)[C@@H](C)[C@H]1O[C@@H]1CC(C)/C=C/C=C(\C)[C@H]1OC(=O)C[C@H](O)CC[C@@](C)(OC)[C@@H](OC(=O)N2CC[N+](C)(Cc3ccc(NC(=O)C(C)NC(=O)C(NC(=O)OCC4c5ccccc5-c5ccccc54)C(C)C)cc3)CC2)/C=C/[C@@H]1C. The van der Waals surface area contributed by atoms with Crippen molar-refractivity contribution in [2.45, 2.75) is 161 Å². The van der Waals surface area contributed by atoms with Crippen molar-refractivity contribution in [2.75, 3.05) is 52.3 Å². The van der Waals surface area contributed by atoms with Crippen LogP contribution in [0.2, 0.25) is 0 Å². The quantitative estimate of drug-likeness (QED) is 0.0179. The maximum absolute atomic E-state index is 14.1. The van der Waals surface area contributed by atoms with Gasteiger partial charge in [0.25, 0.3) is 0 Å². The summed E-state index contributed by atoms with van der Waals surface area (Å²) in [4.78, 5) is 69.0. The molecule has 3 aromatic rings. The minimum absolute atomic E-state index is 0.0680. The molecule has 12 atom stereocenters. The van der Waals surface area contributed by atoms with Gasteiger partial charge in [0.05, 0.1) is 64.1 Å². The number of carbonyl (C=O) groups excluding carboxylic acids is 5. The van der Waals surface area contributed by atoms with Gasteiger partial charge < -0.3 is 54.3 Å². The molecule has 446 valence electrons. The molecule has 82 heavy (non-hydrogen) atoms. The summed E-state index contributed by atoms with van der Waals surface area (Å²) >= 11 is 0. The van der Waals surface area contributed by atoms with E-state index >= 15 is 0 Å². The van der Waals surface area contributed by atoms with Crippen LogP contribution in [0, 0.1) is 23.7 Å². The van der Waals surface area contributed by atoms with Crippen LogP contribution in [0.5, 0.6) is 0 Å². The highest BCUT2D eigenvalue weighted by molar-refractivity contribution is 5.98. The molecule has 0 aromatic heterocycles. The van der Waals surface area contributed by atoms with Gasteiger partial charge in [0, 0.05) is 36.1 Å². The van der Waals surface area contributed by atoms with Crippen molar-refractivity contribution < 1.29 is 62.4 Å². The summed E-state index contributed by atoms with van der Waals surface area (Å²) in [5, 5.41) is 29.7. The van der Waals surface area contributed by atoms with Gasteiger partial charge in [0.15, 0.2) is 6.10 Å². The summed E-state index contributed by atoms with van der Waals surface area (Å²) in [5.74, 6) is -1.87. The Morgan fingerprint density at radius 3 is 2.18 bits per heavy atom. The summed E-state index contributed by atoms with van der Waals surface area (Å²) in [6.07, 6.45) is 7.75. The summed E-state index contributed by atoms with van der Waals surface area (Å²) in [6, 6.07) is 21.8. The van der Waals surface area contributed by atoms with Crippen LogP contribution in [0.1, 0.15) is 117 Å². The number of piperazine rings is 1. The van der Waals surface area contributed by atoms with Gasteiger partial charge >= 0.3 is 18.2 Å². The number of amides is 4. The molecule has 7 rings (SSSR count). The number of hydrogen-bond acceptors (Lipinski definition) is 12. The molecule has 2 fully saturated rings. The number of carbonyl (C=O) groups is 5. The number of nitrogens with zero attached hydrogens (tertiary/aromatic N) is 2.